The standard InChI is InChI=1S/C20H20Cl2N2O4/c1-2-17(20(27)23-11-13-6-4-3-5-7-13)28-18(25)12-24-19(26)14-8-9-15(21)16(22)10-14/h3-10,17H,2,11-12H2,1H3,(H,23,27)(H,24,26). The maximum atomic E-state index is 12.2. The van der Waals surface area contributed by atoms with Gasteiger partial charge < -0.3 is 15.4 Å². The van der Waals surface area contributed by atoms with Gasteiger partial charge in [-0.15, -0.1) is 0 Å². The molecule has 148 valence electrons. The Morgan fingerprint density at radius 2 is 1.71 bits per heavy atom. The number of rotatable bonds is 8. The molecule has 6 nitrogen and oxygen atoms in total. The minimum atomic E-state index is -0.932. The van der Waals surface area contributed by atoms with Crippen LogP contribution < -0.4 is 10.6 Å². The minimum absolute atomic E-state index is 0.234. The molecule has 2 aromatic rings. The number of nitrogens with one attached hydrogen (secondary N) is 2. The number of hydrogen-bond donors (Lipinski definition) is 2. The molecule has 0 saturated heterocycles. The van der Waals surface area contributed by atoms with Crippen molar-refractivity contribution in [2.24, 2.45) is 0 Å². The van der Waals surface area contributed by atoms with Crippen LogP contribution in [0, 0.1) is 0 Å². The summed E-state index contributed by atoms with van der Waals surface area (Å²) in [5.41, 5.74) is 1.20. The fourth-order valence-corrected chi connectivity index (χ4v) is 2.61. The van der Waals surface area contributed by atoms with Gasteiger partial charge in [0.1, 0.15) is 6.54 Å². The Labute approximate surface area is 173 Å². The first-order chi connectivity index (χ1) is 13.4. The van der Waals surface area contributed by atoms with Crippen molar-refractivity contribution in [3.8, 4) is 0 Å². The molecule has 1 atom stereocenters. The lowest BCUT2D eigenvalue weighted by Crippen LogP contribution is -2.39. The van der Waals surface area contributed by atoms with Crippen LogP contribution in [-0.4, -0.2) is 30.4 Å². The predicted molar refractivity (Wildman–Crippen MR) is 107 cm³/mol. The first-order valence-corrected chi connectivity index (χ1v) is 9.40. The maximum absolute atomic E-state index is 12.2. The highest BCUT2D eigenvalue weighted by atomic mass is 35.5. The lowest BCUT2D eigenvalue weighted by Gasteiger charge is -2.16. The number of benzene rings is 2. The lowest BCUT2D eigenvalue weighted by molar-refractivity contribution is -0.155. The molecule has 2 N–H and O–H groups in total. The van der Waals surface area contributed by atoms with Gasteiger partial charge >= 0.3 is 5.97 Å². The molecule has 2 aromatic carbocycles. The summed E-state index contributed by atoms with van der Waals surface area (Å²) in [5, 5.41) is 5.71. The minimum Gasteiger partial charge on any atom is -0.451 e. The van der Waals surface area contributed by atoms with Crippen molar-refractivity contribution < 1.29 is 19.1 Å². The Bertz CT molecular complexity index is 843. The molecule has 0 aromatic heterocycles. The summed E-state index contributed by atoms with van der Waals surface area (Å²) in [6.07, 6.45) is -0.620. The number of ether oxygens (including phenoxy) is 1. The molecule has 8 heteroatoms. The van der Waals surface area contributed by atoms with E-state index in [1.807, 2.05) is 30.3 Å². The van der Waals surface area contributed by atoms with Crippen LogP contribution in [-0.2, 0) is 20.9 Å². The second-order valence-electron chi connectivity index (χ2n) is 5.90. The molecule has 0 fully saturated rings. The zero-order valence-corrected chi connectivity index (χ0v) is 16.7. The highest BCUT2D eigenvalue weighted by Gasteiger charge is 2.21. The van der Waals surface area contributed by atoms with Gasteiger partial charge in [0.15, 0.2) is 6.10 Å². The van der Waals surface area contributed by atoms with E-state index in [2.05, 4.69) is 10.6 Å². The van der Waals surface area contributed by atoms with Crippen LogP contribution in [0.1, 0.15) is 29.3 Å². The van der Waals surface area contributed by atoms with Gasteiger partial charge in [-0.25, -0.2) is 0 Å². The number of carbonyl (C=O) groups is 3. The Morgan fingerprint density at radius 3 is 2.36 bits per heavy atom. The lowest BCUT2D eigenvalue weighted by atomic mass is 10.2. The summed E-state index contributed by atoms with van der Waals surface area (Å²) in [5.74, 6) is -1.61. The predicted octanol–water partition coefficient (Wildman–Crippen LogP) is 3.36. The van der Waals surface area contributed by atoms with Crippen molar-refractivity contribution in [1.82, 2.24) is 10.6 Å². The van der Waals surface area contributed by atoms with Crippen molar-refractivity contribution >= 4 is 41.0 Å². The molecule has 0 saturated carbocycles. The third-order valence-corrected chi connectivity index (χ3v) is 4.56. The van der Waals surface area contributed by atoms with Crippen LogP contribution in [0.4, 0.5) is 0 Å². The molecule has 0 aliphatic carbocycles. The van der Waals surface area contributed by atoms with Crippen molar-refractivity contribution in [2.75, 3.05) is 6.54 Å². The van der Waals surface area contributed by atoms with E-state index in [9.17, 15) is 14.4 Å². The van der Waals surface area contributed by atoms with Crippen LogP contribution in [0.3, 0.4) is 0 Å². The Hall–Kier alpha value is -2.57. The van der Waals surface area contributed by atoms with Crippen LogP contribution >= 0.6 is 23.2 Å². The van der Waals surface area contributed by atoms with Gasteiger partial charge in [-0.1, -0.05) is 60.5 Å². The Balaban J connectivity index is 1.81. The van der Waals surface area contributed by atoms with E-state index >= 15 is 0 Å². The van der Waals surface area contributed by atoms with E-state index in [0.29, 0.717) is 18.0 Å². The number of esters is 1. The van der Waals surface area contributed by atoms with Gasteiger partial charge in [0, 0.05) is 12.1 Å². The van der Waals surface area contributed by atoms with E-state index in [0.717, 1.165) is 5.56 Å². The normalized spacial score (nSPS) is 11.4. The zero-order chi connectivity index (χ0) is 20.5. The second-order valence-corrected chi connectivity index (χ2v) is 6.72. The molecular formula is C20H20Cl2N2O4. The summed E-state index contributed by atoms with van der Waals surface area (Å²) >= 11 is 11.7. The smallest absolute Gasteiger partial charge is 0.326 e. The third kappa shape index (κ3) is 6.55. The molecular weight excluding hydrogens is 403 g/mol. The summed E-state index contributed by atoms with van der Waals surface area (Å²) in [6, 6.07) is 13.8. The third-order valence-electron chi connectivity index (χ3n) is 3.82. The molecule has 0 heterocycles. The molecule has 0 spiro atoms. The highest BCUT2D eigenvalue weighted by Crippen LogP contribution is 2.22. The van der Waals surface area contributed by atoms with Crippen molar-refractivity contribution in [2.45, 2.75) is 26.0 Å². The monoisotopic (exact) mass is 422 g/mol. The molecule has 0 aliphatic rings. The first-order valence-electron chi connectivity index (χ1n) is 8.65. The average molecular weight is 423 g/mol. The number of halogens is 2. The van der Waals surface area contributed by atoms with E-state index in [-0.39, 0.29) is 17.1 Å². The van der Waals surface area contributed by atoms with E-state index in [4.69, 9.17) is 27.9 Å². The van der Waals surface area contributed by atoms with Crippen molar-refractivity contribution in [3.63, 3.8) is 0 Å². The van der Waals surface area contributed by atoms with Crippen LogP contribution in [0.25, 0.3) is 0 Å². The number of amides is 2. The number of carbonyl (C=O) groups excluding carboxylic acids is 3. The van der Waals surface area contributed by atoms with E-state index < -0.39 is 23.9 Å². The van der Waals surface area contributed by atoms with Gasteiger partial charge in [-0.05, 0) is 30.2 Å². The number of hydrogen-bond acceptors (Lipinski definition) is 4. The molecule has 0 radical (unpaired) electrons. The quantitative estimate of drug-likeness (QED) is 0.638. The van der Waals surface area contributed by atoms with E-state index in [1.165, 1.54) is 18.2 Å². The molecule has 0 bridgehead atoms. The zero-order valence-electron chi connectivity index (χ0n) is 15.2. The molecule has 2 amide bonds. The fraction of sp³-hybridized carbons (Fsp3) is 0.250. The van der Waals surface area contributed by atoms with Gasteiger partial charge in [0.25, 0.3) is 11.8 Å². The first kappa shape index (κ1) is 21.7. The van der Waals surface area contributed by atoms with Gasteiger partial charge in [-0.2, -0.15) is 0 Å². The summed E-state index contributed by atoms with van der Waals surface area (Å²) in [6.45, 7) is 1.69. The van der Waals surface area contributed by atoms with Crippen molar-refractivity contribution in [3.05, 3.63) is 69.7 Å². The van der Waals surface area contributed by atoms with Gasteiger partial charge in [0.2, 0.25) is 0 Å². The topological polar surface area (TPSA) is 84.5 Å². The second kappa shape index (κ2) is 10.7. The van der Waals surface area contributed by atoms with Crippen molar-refractivity contribution in [1.29, 1.82) is 0 Å². The Kier molecular flexibility index (Phi) is 8.29. The summed E-state index contributed by atoms with van der Waals surface area (Å²) < 4.78 is 5.17. The highest BCUT2D eigenvalue weighted by molar-refractivity contribution is 6.42. The molecule has 2 rings (SSSR count). The van der Waals surface area contributed by atoms with Crippen LogP contribution in [0.15, 0.2) is 48.5 Å². The van der Waals surface area contributed by atoms with Gasteiger partial charge in [-0.3, -0.25) is 14.4 Å². The maximum Gasteiger partial charge on any atom is 0.326 e. The van der Waals surface area contributed by atoms with Gasteiger partial charge in [0.05, 0.1) is 10.0 Å². The largest absolute Gasteiger partial charge is 0.451 e. The fourth-order valence-electron chi connectivity index (χ4n) is 2.31. The molecule has 1 unspecified atom stereocenters. The van der Waals surface area contributed by atoms with Crippen LogP contribution in [0.5, 0.6) is 0 Å². The van der Waals surface area contributed by atoms with Crippen LogP contribution in [0.2, 0.25) is 10.0 Å². The Morgan fingerprint density at radius 1 is 1.00 bits per heavy atom. The average Bonchev–Trinajstić information content (AvgIpc) is 2.71. The van der Waals surface area contributed by atoms with E-state index in [1.54, 1.807) is 6.92 Å². The molecule has 0 aliphatic heterocycles. The summed E-state index contributed by atoms with van der Waals surface area (Å²) in [7, 11) is 0. The SMILES string of the molecule is CCC(OC(=O)CNC(=O)c1ccc(Cl)c(Cl)c1)C(=O)NCc1ccccc1. The summed E-state index contributed by atoms with van der Waals surface area (Å²) in [4.78, 5) is 36.3. The molecule has 28 heavy (non-hydrogen) atoms.